The molecule has 7 nitrogen and oxygen atoms in total. The van der Waals surface area contributed by atoms with Gasteiger partial charge >= 0.3 is 13.3 Å². The second-order valence-corrected chi connectivity index (χ2v) is 7.77. The van der Waals surface area contributed by atoms with Crippen LogP contribution in [0.5, 0.6) is 23.0 Å². The number of hydrogen-bond donors (Lipinski definition) is 0. The van der Waals surface area contributed by atoms with Gasteiger partial charge in [0, 0.05) is 0 Å². The molecule has 1 unspecified atom stereocenters. The minimum Gasteiger partial charge on any atom is -0.496 e. The maximum absolute atomic E-state index is 12.8. The van der Waals surface area contributed by atoms with E-state index in [1.165, 1.54) is 28.4 Å². The van der Waals surface area contributed by atoms with Gasteiger partial charge in [-0.05, 0) is 36.8 Å². The van der Waals surface area contributed by atoms with Crippen molar-refractivity contribution in [3.8, 4) is 23.0 Å². The van der Waals surface area contributed by atoms with Gasteiger partial charge in [-0.2, -0.15) is 0 Å². The lowest BCUT2D eigenvalue weighted by Gasteiger charge is -2.12. The number of aryl methyl sites for hydroxylation is 1. The van der Waals surface area contributed by atoms with Crippen molar-refractivity contribution in [3.63, 3.8) is 0 Å². The van der Waals surface area contributed by atoms with E-state index in [4.69, 9.17) is 18.9 Å². The molecular weight excluding hydrogens is 395 g/mol. The molecule has 2 aromatic rings. The number of ketones is 1. The average molecular weight is 419 g/mol. The lowest BCUT2D eigenvalue weighted by Crippen LogP contribution is -2.08. The molecule has 0 amide bonds. The van der Waals surface area contributed by atoms with Crippen LogP contribution in [0.2, 0.25) is 0 Å². The van der Waals surface area contributed by atoms with Gasteiger partial charge in [-0.1, -0.05) is 10.6 Å². The van der Waals surface area contributed by atoms with Gasteiger partial charge in [0.25, 0.3) is 0 Å². The van der Waals surface area contributed by atoms with Crippen molar-refractivity contribution in [1.82, 2.24) is 0 Å². The Bertz CT molecular complexity index is 889. The van der Waals surface area contributed by atoms with Crippen LogP contribution in [0.25, 0.3) is 0 Å². The summed E-state index contributed by atoms with van der Waals surface area (Å²) in [6.07, 6.45) is -0.220. The first-order chi connectivity index (χ1) is 13.9. The van der Waals surface area contributed by atoms with Gasteiger partial charge < -0.3 is 18.9 Å². The van der Waals surface area contributed by atoms with E-state index in [1.54, 1.807) is 30.3 Å². The second kappa shape index (κ2) is 10.0. The number of carbonyl (C=O) groups excluding carboxylic acids is 2. The Kier molecular flexibility index (Phi) is 7.74. The van der Waals surface area contributed by atoms with Crippen LogP contribution in [0.15, 0.2) is 30.3 Å². The summed E-state index contributed by atoms with van der Waals surface area (Å²) in [7, 11) is 3.38. The molecule has 0 saturated carbocycles. The standard InChI is InChI=1S/C21H24O7P/c1-13-11-17(27-4)19(18(12-13)28-5)14(22)9-10-29(24)21(23)20-15(25-2)7-6-8-16(20)26-3/h6-8,11-12H,9-10H2,1-5H3/q+1. The van der Waals surface area contributed by atoms with Crippen LogP contribution in [0.3, 0.4) is 0 Å². The molecule has 0 aliphatic heterocycles. The first-order valence-corrected chi connectivity index (χ1v) is 10.3. The molecule has 2 aromatic carbocycles. The molecule has 0 saturated heterocycles. The monoisotopic (exact) mass is 419 g/mol. The van der Waals surface area contributed by atoms with Crippen LogP contribution >= 0.6 is 7.80 Å². The second-order valence-electron chi connectivity index (χ2n) is 6.16. The van der Waals surface area contributed by atoms with Crippen molar-refractivity contribution >= 4 is 19.1 Å². The van der Waals surface area contributed by atoms with Crippen LogP contribution < -0.4 is 18.9 Å². The highest BCUT2D eigenvalue weighted by Crippen LogP contribution is 2.38. The summed E-state index contributed by atoms with van der Waals surface area (Å²) in [5.41, 5.74) is 0.632. The topological polar surface area (TPSA) is 88.1 Å². The van der Waals surface area contributed by atoms with Crippen LogP contribution in [0, 0.1) is 6.92 Å². The van der Waals surface area contributed by atoms with Gasteiger partial charge in [0.05, 0.1) is 34.9 Å². The number of hydrogen-bond acceptors (Lipinski definition) is 7. The highest BCUT2D eigenvalue weighted by Gasteiger charge is 2.36. The molecule has 0 aliphatic carbocycles. The lowest BCUT2D eigenvalue weighted by atomic mass is 10.0. The van der Waals surface area contributed by atoms with Crippen molar-refractivity contribution in [2.24, 2.45) is 0 Å². The molecule has 0 N–H and O–H groups in total. The van der Waals surface area contributed by atoms with Crippen LogP contribution in [0.4, 0.5) is 0 Å². The summed E-state index contributed by atoms with van der Waals surface area (Å²) >= 11 is 0. The van der Waals surface area contributed by atoms with Crippen molar-refractivity contribution < 1.29 is 33.1 Å². The first kappa shape index (κ1) is 22.4. The predicted octanol–water partition coefficient (Wildman–Crippen LogP) is 4.27. The molecule has 0 radical (unpaired) electrons. The largest absolute Gasteiger partial charge is 0.496 e. The molecule has 154 valence electrons. The van der Waals surface area contributed by atoms with E-state index >= 15 is 0 Å². The van der Waals surface area contributed by atoms with Crippen LogP contribution in [-0.2, 0) is 4.57 Å². The molecule has 2 rings (SSSR count). The van der Waals surface area contributed by atoms with Crippen molar-refractivity contribution in [2.45, 2.75) is 13.3 Å². The number of methoxy groups -OCH3 is 4. The first-order valence-electron chi connectivity index (χ1n) is 8.83. The molecular formula is C21H24O7P+. The Hall–Kier alpha value is -2.92. The van der Waals surface area contributed by atoms with E-state index in [0.29, 0.717) is 11.5 Å². The highest BCUT2D eigenvalue weighted by atomic mass is 31.1. The minimum absolute atomic E-state index is 0.103. The summed E-state index contributed by atoms with van der Waals surface area (Å²) in [5, 5.41) is 0. The van der Waals surface area contributed by atoms with E-state index < -0.39 is 13.3 Å². The minimum atomic E-state index is -2.37. The van der Waals surface area contributed by atoms with Gasteiger partial charge in [-0.25, -0.2) is 4.79 Å². The van der Waals surface area contributed by atoms with Gasteiger partial charge in [0.2, 0.25) is 0 Å². The highest BCUT2D eigenvalue weighted by molar-refractivity contribution is 7.64. The summed E-state index contributed by atoms with van der Waals surface area (Å²) in [4.78, 5) is 25.5. The summed E-state index contributed by atoms with van der Waals surface area (Å²) in [6.45, 7) is 1.86. The van der Waals surface area contributed by atoms with E-state index in [0.717, 1.165) is 5.56 Å². The number of rotatable bonds is 10. The number of benzene rings is 2. The summed E-state index contributed by atoms with van der Waals surface area (Å²) in [5.74, 6) is 0.971. The molecule has 0 fully saturated rings. The van der Waals surface area contributed by atoms with E-state index in [2.05, 4.69) is 0 Å². The molecule has 0 aliphatic rings. The van der Waals surface area contributed by atoms with Gasteiger partial charge in [0.15, 0.2) is 17.5 Å². The Morgan fingerprint density at radius 2 is 1.31 bits per heavy atom. The Balaban J connectivity index is 2.22. The molecule has 1 atom stereocenters. The zero-order chi connectivity index (χ0) is 21.6. The molecule has 0 heterocycles. The molecule has 8 heteroatoms. The SMILES string of the molecule is COc1cc(C)cc(OC)c1C(=O)CC[P+](=O)C(=O)c1c(OC)cccc1OC. The third kappa shape index (κ3) is 4.93. The lowest BCUT2D eigenvalue weighted by molar-refractivity contribution is 0.0983. The fraction of sp³-hybridized carbons (Fsp3) is 0.333. The normalized spacial score (nSPS) is 10.9. The molecule has 29 heavy (non-hydrogen) atoms. The Morgan fingerprint density at radius 1 is 0.828 bits per heavy atom. The van der Waals surface area contributed by atoms with Crippen molar-refractivity contribution in [1.29, 1.82) is 0 Å². The Labute approximate surface area is 170 Å². The fourth-order valence-corrected chi connectivity index (χ4v) is 4.01. The van der Waals surface area contributed by atoms with Crippen molar-refractivity contribution in [3.05, 3.63) is 47.0 Å². The van der Waals surface area contributed by atoms with E-state index in [-0.39, 0.29) is 41.0 Å². The van der Waals surface area contributed by atoms with Crippen LogP contribution in [-0.4, -0.2) is 45.9 Å². The maximum atomic E-state index is 12.8. The van der Waals surface area contributed by atoms with Crippen LogP contribution in [0.1, 0.15) is 32.7 Å². The average Bonchev–Trinajstić information content (AvgIpc) is 2.74. The van der Waals surface area contributed by atoms with Gasteiger partial charge in [-0.3, -0.25) is 4.79 Å². The zero-order valence-corrected chi connectivity index (χ0v) is 18.0. The third-order valence-electron chi connectivity index (χ3n) is 4.34. The number of ether oxygens (including phenoxy) is 4. The maximum Gasteiger partial charge on any atom is 0.420 e. The summed E-state index contributed by atoms with van der Waals surface area (Å²) < 4.78 is 33.6. The predicted molar refractivity (Wildman–Crippen MR) is 110 cm³/mol. The summed E-state index contributed by atoms with van der Waals surface area (Å²) in [6, 6.07) is 8.29. The number of Topliss-reactive ketones (excluding diaryl/α,β-unsaturated/α-hetero) is 1. The zero-order valence-electron chi connectivity index (χ0n) is 17.1. The molecule has 0 aromatic heterocycles. The third-order valence-corrected chi connectivity index (χ3v) is 5.65. The van der Waals surface area contributed by atoms with Gasteiger partial charge in [0.1, 0.15) is 28.6 Å². The molecule has 0 bridgehead atoms. The van der Waals surface area contributed by atoms with Crippen molar-refractivity contribution in [2.75, 3.05) is 34.6 Å². The van der Waals surface area contributed by atoms with Gasteiger partial charge in [-0.15, -0.1) is 0 Å². The van der Waals surface area contributed by atoms with E-state index in [1.807, 2.05) is 6.92 Å². The quantitative estimate of drug-likeness (QED) is 0.420. The number of carbonyl (C=O) groups is 2. The smallest absolute Gasteiger partial charge is 0.420 e. The fourth-order valence-electron chi connectivity index (χ4n) is 2.93. The van der Waals surface area contributed by atoms with E-state index in [9.17, 15) is 14.2 Å². The Morgan fingerprint density at radius 3 is 1.76 bits per heavy atom. The molecule has 0 spiro atoms.